The van der Waals surface area contributed by atoms with Crippen molar-refractivity contribution in [3.05, 3.63) is 69.7 Å². The van der Waals surface area contributed by atoms with Gasteiger partial charge in [0, 0.05) is 16.5 Å². The number of carbonyl (C=O) groups excluding carboxylic acids is 1. The number of benzene rings is 2. The number of ether oxygens (including phenoxy) is 2. The van der Waals surface area contributed by atoms with Crippen LogP contribution in [0.1, 0.15) is 17.5 Å². The zero-order chi connectivity index (χ0) is 17.2. The van der Waals surface area contributed by atoms with Gasteiger partial charge in [-0.25, -0.2) is 0 Å². The molecule has 0 aliphatic carbocycles. The van der Waals surface area contributed by atoms with E-state index in [1.165, 1.54) is 0 Å². The summed E-state index contributed by atoms with van der Waals surface area (Å²) >= 11 is 11.8. The second-order valence-electron chi connectivity index (χ2n) is 5.34. The van der Waals surface area contributed by atoms with Crippen molar-refractivity contribution in [3.8, 4) is 0 Å². The predicted molar refractivity (Wildman–Crippen MR) is 96.7 cm³/mol. The lowest BCUT2D eigenvalue weighted by molar-refractivity contribution is -0.144. The molecule has 3 nitrogen and oxygen atoms in total. The summed E-state index contributed by atoms with van der Waals surface area (Å²) in [5.74, 6) is -0.250. The molecule has 0 heterocycles. The van der Waals surface area contributed by atoms with E-state index in [0.29, 0.717) is 31.3 Å². The summed E-state index contributed by atoms with van der Waals surface area (Å²) in [4.78, 5) is 11.6. The Balaban J connectivity index is 1.53. The normalized spacial score (nSPS) is 10.6. The second kappa shape index (κ2) is 10.3. The number of halogens is 2. The number of esters is 1. The Morgan fingerprint density at radius 3 is 2.00 bits per heavy atom. The third-order valence-corrected chi connectivity index (χ3v) is 3.89. The topological polar surface area (TPSA) is 35.5 Å². The highest BCUT2D eigenvalue weighted by atomic mass is 35.5. The highest BCUT2D eigenvalue weighted by Crippen LogP contribution is 2.12. The Morgan fingerprint density at radius 1 is 0.833 bits per heavy atom. The fourth-order valence-electron chi connectivity index (χ4n) is 2.19. The SMILES string of the molecule is O=C(CCOCCc1cccc(Cl)c1)OCCc1cccc(Cl)c1. The van der Waals surface area contributed by atoms with Crippen LogP contribution in [0, 0.1) is 0 Å². The average molecular weight is 367 g/mol. The minimum Gasteiger partial charge on any atom is -0.465 e. The molecule has 5 heteroatoms. The third kappa shape index (κ3) is 7.35. The molecular weight excluding hydrogens is 347 g/mol. The molecule has 2 aromatic carbocycles. The van der Waals surface area contributed by atoms with E-state index < -0.39 is 0 Å². The summed E-state index contributed by atoms with van der Waals surface area (Å²) in [6.07, 6.45) is 1.68. The molecular formula is C19H20Cl2O3. The van der Waals surface area contributed by atoms with Crippen LogP contribution in [0.25, 0.3) is 0 Å². The average Bonchev–Trinajstić information content (AvgIpc) is 2.55. The standard InChI is InChI=1S/C19H20Cl2O3/c20-17-5-1-3-15(13-17)7-10-23-11-9-19(22)24-12-8-16-4-2-6-18(21)14-16/h1-6,13-14H,7-12H2. The van der Waals surface area contributed by atoms with Crippen LogP contribution in [0.5, 0.6) is 0 Å². The van der Waals surface area contributed by atoms with Crippen molar-refractivity contribution in [2.24, 2.45) is 0 Å². The van der Waals surface area contributed by atoms with Gasteiger partial charge in [0.2, 0.25) is 0 Å². The van der Waals surface area contributed by atoms with E-state index in [-0.39, 0.29) is 12.4 Å². The molecule has 2 aromatic rings. The van der Waals surface area contributed by atoms with E-state index in [9.17, 15) is 4.79 Å². The highest BCUT2D eigenvalue weighted by Gasteiger charge is 2.04. The molecule has 0 aliphatic heterocycles. The number of hydrogen-bond acceptors (Lipinski definition) is 3. The van der Waals surface area contributed by atoms with Gasteiger partial charge in [-0.15, -0.1) is 0 Å². The fourth-order valence-corrected chi connectivity index (χ4v) is 2.61. The van der Waals surface area contributed by atoms with Gasteiger partial charge in [-0.05, 0) is 41.8 Å². The van der Waals surface area contributed by atoms with E-state index in [4.69, 9.17) is 32.7 Å². The van der Waals surface area contributed by atoms with Crippen molar-refractivity contribution in [3.63, 3.8) is 0 Å². The quantitative estimate of drug-likeness (QED) is 0.475. The zero-order valence-electron chi connectivity index (χ0n) is 13.3. The maximum Gasteiger partial charge on any atom is 0.308 e. The van der Waals surface area contributed by atoms with Crippen LogP contribution in [0.15, 0.2) is 48.5 Å². The molecule has 0 bridgehead atoms. The van der Waals surface area contributed by atoms with Gasteiger partial charge in [0.1, 0.15) is 0 Å². The van der Waals surface area contributed by atoms with Crippen molar-refractivity contribution in [1.82, 2.24) is 0 Å². The molecule has 0 unspecified atom stereocenters. The van der Waals surface area contributed by atoms with Gasteiger partial charge in [-0.1, -0.05) is 47.5 Å². The van der Waals surface area contributed by atoms with Crippen molar-refractivity contribution in [2.45, 2.75) is 19.3 Å². The van der Waals surface area contributed by atoms with Crippen LogP contribution in [-0.2, 0) is 27.1 Å². The zero-order valence-corrected chi connectivity index (χ0v) is 14.9. The molecule has 24 heavy (non-hydrogen) atoms. The van der Waals surface area contributed by atoms with E-state index >= 15 is 0 Å². The minimum atomic E-state index is -0.250. The highest BCUT2D eigenvalue weighted by molar-refractivity contribution is 6.30. The summed E-state index contributed by atoms with van der Waals surface area (Å²) in [5.41, 5.74) is 2.17. The summed E-state index contributed by atoms with van der Waals surface area (Å²) < 4.78 is 10.7. The van der Waals surface area contributed by atoms with E-state index in [1.54, 1.807) is 0 Å². The van der Waals surface area contributed by atoms with Crippen LogP contribution >= 0.6 is 23.2 Å². The monoisotopic (exact) mass is 366 g/mol. The summed E-state index contributed by atoms with van der Waals surface area (Å²) in [7, 11) is 0. The smallest absolute Gasteiger partial charge is 0.308 e. The van der Waals surface area contributed by atoms with Gasteiger partial charge in [0.25, 0.3) is 0 Å². The molecule has 0 saturated heterocycles. The lowest BCUT2D eigenvalue weighted by atomic mass is 10.2. The maximum absolute atomic E-state index is 11.6. The first-order valence-corrected chi connectivity index (χ1v) is 8.61. The molecule has 0 aliphatic rings. The second-order valence-corrected chi connectivity index (χ2v) is 6.22. The first kappa shape index (κ1) is 18.8. The molecule has 0 aromatic heterocycles. The maximum atomic E-state index is 11.6. The van der Waals surface area contributed by atoms with Crippen molar-refractivity contribution >= 4 is 29.2 Å². The van der Waals surface area contributed by atoms with Gasteiger partial charge in [-0.3, -0.25) is 4.79 Å². The fraction of sp³-hybridized carbons (Fsp3) is 0.316. The Labute approximate surface area is 152 Å². The van der Waals surface area contributed by atoms with E-state index in [2.05, 4.69) is 0 Å². The van der Waals surface area contributed by atoms with Crippen LogP contribution < -0.4 is 0 Å². The Bertz CT molecular complexity index is 659. The van der Waals surface area contributed by atoms with Gasteiger partial charge < -0.3 is 9.47 Å². The largest absolute Gasteiger partial charge is 0.465 e. The number of rotatable bonds is 9. The molecule has 0 radical (unpaired) electrons. The lowest BCUT2D eigenvalue weighted by Crippen LogP contribution is -2.11. The predicted octanol–water partition coefficient (Wildman–Crippen LogP) is 4.73. The van der Waals surface area contributed by atoms with Gasteiger partial charge in [0.05, 0.1) is 26.2 Å². The summed E-state index contributed by atoms with van der Waals surface area (Å²) in [6, 6.07) is 15.2. The van der Waals surface area contributed by atoms with Gasteiger partial charge in [-0.2, -0.15) is 0 Å². The van der Waals surface area contributed by atoms with Crippen LogP contribution in [0.3, 0.4) is 0 Å². The molecule has 2 rings (SSSR count). The number of hydrogen-bond donors (Lipinski definition) is 0. The van der Waals surface area contributed by atoms with E-state index in [1.807, 2.05) is 48.5 Å². The molecule has 0 spiro atoms. The molecule has 0 saturated carbocycles. The summed E-state index contributed by atoms with van der Waals surface area (Å²) in [6.45, 7) is 1.26. The van der Waals surface area contributed by atoms with Crippen LogP contribution in [0.2, 0.25) is 10.0 Å². The Kier molecular flexibility index (Phi) is 8.10. The van der Waals surface area contributed by atoms with Gasteiger partial charge >= 0.3 is 5.97 Å². The molecule has 0 fully saturated rings. The summed E-state index contributed by atoms with van der Waals surface area (Å²) in [5, 5.41) is 1.41. The van der Waals surface area contributed by atoms with Crippen molar-refractivity contribution in [1.29, 1.82) is 0 Å². The van der Waals surface area contributed by atoms with Crippen LogP contribution in [0.4, 0.5) is 0 Å². The molecule has 0 atom stereocenters. The molecule has 0 amide bonds. The van der Waals surface area contributed by atoms with Gasteiger partial charge in [0.15, 0.2) is 0 Å². The molecule has 128 valence electrons. The number of carbonyl (C=O) groups is 1. The van der Waals surface area contributed by atoms with Crippen molar-refractivity contribution < 1.29 is 14.3 Å². The van der Waals surface area contributed by atoms with E-state index in [0.717, 1.165) is 22.6 Å². The lowest BCUT2D eigenvalue weighted by Gasteiger charge is -2.07. The van der Waals surface area contributed by atoms with Crippen LogP contribution in [-0.4, -0.2) is 25.8 Å². The molecule has 0 N–H and O–H groups in total. The first-order valence-electron chi connectivity index (χ1n) is 7.86. The Morgan fingerprint density at radius 2 is 1.42 bits per heavy atom. The van der Waals surface area contributed by atoms with Crippen molar-refractivity contribution in [2.75, 3.05) is 19.8 Å². The Hall–Kier alpha value is -1.55. The minimum absolute atomic E-state index is 0.250. The first-order chi connectivity index (χ1) is 11.6. The third-order valence-electron chi connectivity index (χ3n) is 3.42.